The maximum Gasteiger partial charge on any atom is 0.242 e. The van der Waals surface area contributed by atoms with E-state index in [1.165, 1.54) is 18.2 Å². The van der Waals surface area contributed by atoms with Crippen molar-refractivity contribution in [1.29, 1.82) is 0 Å². The monoisotopic (exact) mass is 300 g/mol. The number of nitrogens with two attached hydrogens (primary N) is 1. The Bertz CT molecular complexity index is 696. The van der Waals surface area contributed by atoms with Crippen molar-refractivity contribution in [3.63, 3.8) is 0 Å². The minimum Gasteiger partial charge on any atom is -0.398 e. The minimum absolute atomic E-state index is 0.0267. The number of nitrogens with zero attached hydrogens (tertiary/aromatic N) is 1. The topological polar surface area (TPSA) is 101 Å². The molecule has 1 aromatic carbocycles. The van der Waals surface area contributed by atoms with Crippen molar-refractivity contribution in [3.8, 4) is 0 Å². The number of aromatic amines is 1. The zero-order valence-electron chi connectivity index (χ0n) is 10.1. The lowest BCUT2D eigenvalue weighted by Crippen LogP contribution is -2.24. The molecule has 19 heavy (non-hydrogen) atoms. The highest BCUT2D eigenvalue weighted by Crippen LogP contribution is 2.22. The summed E-state index contributed by atoms with van der Waals surface area (Å²) in [6.07, 6.45) is 1.57. The van der Waals surface area contributed by atoms with E-state index in [-0.39, 0.29) is 17.1 Å². The Morgan fingerprint density at radius 1 is 1.47 bits per heavy atom. The number of nitrogen functional groups attached to an aromatic ring is 1. The summed E-state index contributed by atoms with van der Waals surface area (Å²) in [6.45, 7) is 1.95. The first-order valence-electron chi connectivity index (χ1n) is 5.43. The van der Waals surface area contributed by atoms with Gasteiger partial charge in [0, 0.05) is 22.8 Å². The first kappa shape index (κ1) is 13.9. The van der Waals surface area contributed by atoms with E-state index in [1.54, 1.807) is 6.20 Å². The van der Waals surface area contributed by atoms with Gasteiger partial charge in [0.1, 0.15) is 4.90 Å². The molecular weight excluding hydrogens is 288 g/mol. The molecule has 0 saturated carbocycles. The van der Waals surface area contributed by atoms with Gasteiger partial charge in [-0.15, -0.1) is 0 Å². The normalized spacial score (nSPS) is 11.7. The zero-order chi connectivity index (χ0) is 14.0. The smallest absolute Gasteiger partial charge is 0.242 e. The van der Waals surface area contributed by atoms with Gasteiger partial charge < -0.3 is 5.73 Å². The molecule has 102 valence electrons. The van der Waals surface area contributed by atoms with E-state index in [1.807, 2.05) is 6.92 Å². The molecule has 0 aliphatic heterocycles. The van der Waals surface area contributed by atoms with Crippen LogP contribution in [0.1, 0.15) is 11.3 Å². The second-order valence-electron chi connectivity index (χ2n) is 4.03. The standard InChI is InChI=1S/C11H13ClN4O2S/c1-7-8(5-14-16-7)6-15-19(17,18)11-4-9(12)2-3-10(11)13/h2-5,15H,6,13H2,1H3,(H,14,16). The van der Waals surface area contributed by atoms with Gasteiger partial charge in [-0.2, -0.15) is 5.10 Å². The van der Waals surface area contributed by atoms with Crippen molar-refractivity contribution in [2.24, 2.45) is 0 Å². The summed E-state index contributed by atoms with van der Waals surface area (Å²) in [7, 11) is -3.71. The number of benzene rings is 1. The fraction of sp³-hybridized carbons (Fsp3) is 0.182. The second kappa shape index (κ2) is 5.20. The number of hydrogen-bond acceptors (Lipinski definition) is 4. The molecule has 0 aliphatic rings. The summed E-state index contributed by atoms with van der Waals surface area (Å²) in [5, 5.41) is 6.87. The molecule has 1 aromatic heterocycles. The van der Waals surface area contributed by atoms with E-state index in [9.17, 15) is 8.42 Å². The van der Waals surface area contributed by atoms with Crippen LogP contribution in [-0.2, 0) is 16.6 Å². The van der Waals surface area contributed by atoms with Gasteiger partial charge in [-0.05, 0) is 25.1 Å². The maximum atomic E-state index is 12.1. The first-order valence-corrected chi connectivity index (χ1v) is 7.30. The van der Waals surface area contributed by atoms with E-state index < -0.39 is 10.0 Å². The molecule has 2 rings (SSSR count). The third-order valence-corrected chi connectivity index (χ3v) is 4.34. The molecule has 2 aromatic rings. The zero-order valence-corrected chi connectivity index (χ0v) is 11.7. The van der Waals surface area contributed by atoms with Gasteiger partial charge in [-0.25, -0.2) is 13.1 Å². The fourth-order valence-electron chi connectivity index (χ4n) is 1.55. The van der Waals surface area contributed by atoms with Crippen molar-refractivity contribution in [3.05, 3.63) is 40.7 Å². The largest absolute Gasteiger partial charge is 0.398 e. The van der Waals surface area contributed by atoms with Crippen LogP contribution >= 0.6 is 11.6 Å². The van der Waals surface area contributed by atoms with Crippen molar-refractivity contribution in [1.82, 2.24) is 14.9 Å². The van der Waals surface area contributed by atoms with Gasteiger partial charge in [0.15, 0.2) is 0 Å². The van der Waals surface area contributed by atoms with Crippen molar-refractivity contribution in [2.45, 2.75) is 18.4 Å². The highest BCUT2D eigenvalue weighted by molar-refractivity contribution is 7.89. The number of rotatable bonds is 4. The van der Waals surface area contributed by atoms with E-state index in [0.717, 1.165) is 11.3 Å². The van der Waals surface area contributed by atoms with Crippen LogP contribution in [0.3, 0.4) is 0 Å². The van der Waals surface area contributed by atoms with Crippen molar-refractivity contribution >= 4 is 27.3 Å². The van der Waals surface area contributed by atoms with Crippen LogP contribution in [0, 0.1) is 6.92 Å². The molecule has 0 saturated heterocycles. The molecular formula is C11H13ClN4O2S. The van der Waals surface area contributed by atoms with Gasteiger partial charge in [0.25, 0.3) is 0 Å². The number of aryl methyl sites for hydroxylation is 1. The summed E-state index contributed by atoms with van der Waals surface area (Å²) >= 11 is 5.79. The van der Waals surface area contributed by atoms with Crippen LogP contribution in [0.4, 0.5) is 5.69 Å². The molecule has 0 unspecified atom stereocenters. The molecule has 4 N–H and O–H groups in total. The van der Waals surface area contributed by atoms with E-state index in [2.05, 4.69) is 14.9 Å². The summed E-state index contributed by atoms with van der Waals surface area (Å²) in [6, 6.07) is 4.32. The third kappa shape index (κ3) is 3.06. The summed E-state index contributed by atoms with van der Waals surface area (Å²) in [5.74, 6) is 0. The molecule has 0 atom stereocenters. The van der Waals surface area contributed by atoms with Crippen molar-refractivity contribution in [2.75, 3.05) is 5.73 Å². The average Bonchev–Trinajstić information content (AvgIpc) is 2.75. The number of halogens is 1. The number of nitrogens with one attached hydrogen (secondary N) is 2. The van der Waals surface area contributed by atoms with Gasteiger partial charge >= 0.3 is 0 Å². The van der Waals surface area contributed by atoms with E-state index in [0.29, 0.717) is 5.02 Å². The summed E-state index contributed by atoms with van der Waals surface area (Å²) < 4.78 is 26.7. The molecule has 6 nitrogen and oxygen atoms in total. The van der Waals surface area contributed by atoms with E-state index >= 15 is 0 Å². The van der Waals surface area contributed by atoms with Gasteiger partial charge in [-0.3, -0.25) is 5.10 Å². The summed E-state index contributed by atoms with van der Waals surface area (Å²) in [5.41, 5.74) is 7.39. The predicted octanol–water partition coefficient (Wildman–Crippen LogP) is 1.43. The summed E-state index contributed by atoms with van der Waals surface area (Å²) in [4.78, 5) is -0.0267. The highest BCUT2D eigenvalue weighted by atomic mass is 35.5. The maximum absolute atomic E-state index is 12.1. The van der Waals surface area contributed by atoms with Crippen LogP contribution in [0.2, 0.25) is 5.02 Å². The van der Waals surface area contributed by atoms with E-state index in [4.69, 9.17) is 17.3 Å². The lowest BCUT2D eigenvalue weighted by molar-refractivity contribution is 0.581. The first-order chi connectivity index (χ1) is 8.90. The van der Waals surface area contributed by atoms with Gasteiger partial charge in [0.2, 0.25) is 10.0 Å². The third-order valence-electron chi connectivity index (χ3n) is 2.65. The quantitative estimate of drug-likeness (QED) is 0.744. The molecule has 0 spiro atoms. The number of aromatic nitrogens is 2. The highest BCUT2D eigenvalue weighted by Gasteiger charge is 2.18. The minimum atomic E-state index is -3.71. The van der Waals surface area contributed by atoms with Crippen LogP contribution in [0.5, 0.6) is 0 Å². The van der Waals surface area contributed by atoms with Crippen LogP contribution in [0.25, 0.3) is 0 Å². The fourth-order valence-corrected chi connectivity index (χ4v) is 2.94. The number of hydrogen-bond donors (Lipinski definition) is 3. The SMILES string of the molecule is Cc1[nH]ncc1CNS(=O)(=O)c1cc(Cl)ccc1N. The van der Waals surface area contributed by atoms with Crippen molar-refractivity contribution < 1.29 is 8.42 Å². The second-order valence-corrected chi connectivity index (χ2v) is 6.20. The number of H-pyrrole nitrogens is 1. The van der Waals surface area contributed by atoms with Crippen LogP contribution in [-0.4, -0.2) is 18.6 Å². The van der Waals surface area contributed by atoms with Crippen LogP contribution < -0.4 is 10.5 Å². The molecule has 8 heteroatoms. The Balaban J connectivity index is 2.23. The van der Waals surface area contributed by atoms with Crippen LogP contribution in [0.15, 0.2) is 29.3 Å². The number of sulfonamides is 1. The molecule has 0 radical (unpaired) electrons. The predicted molar refractivity (Wildman–Crippen MR) is 73.2 cm³/mol. The molecule has 0 amide bonds. The number of anilines is 1. The molecule has 1 heterocycles. The molecule has 0 aliphatic carbocycles. The Morgan fingerprint density at radius 2 is 2.21 bits per heavy atom. The Hall–Kier alpha value is -1.57. The molecule has 0 bridgehead atoms. The Labute approximate surface area is 116 Å². The lowest BCUT2D eigenvalue weighted by atomic mass is 10.3. The average molecular weight is 301 g/mol. The Kier molecular flexibility index (Phi) is 3.79. The lowest BCUT2D eigenvalue weighted by Gasteiger charge is -2.09. The van der Waals surface area contributed by atoms with Gasteiger partial charge in [-0.1, -0.05) is 11.6 Å². The van der Waals surface area contributed by atoms with Gasteiger partial charge in [0.05, 0.1) is 11.9 Å². The Morgan fingerprint density at radius 3 is 2.84 bits per heavy atom. The molecule has 0 fully saturated rings.